The van der Waals surface area contributed by atoms with Crippen molar-refractivity contribution in [3.63, 3.8) is 0 Å². The highest BCUT2D eigenvalue weighted by atomic mass is 16.4. The number of rotatable bonds is 3. The molecule has 0 unspecified atom stereocenters. The molecule has 3 aromatic rings. The van der Waals surface area contributed by atoms with Crippen LogP contribution < -0.4 is 0 Å². The van der Waals surface area contributed by atoms with E-state index in [-0.39, 0.29) is 6.42 Å². The van der Waals surface area contributed by atoms with Crippen molar-refractivity contribution in [3.05, 3.63) is 48.3 Å². The number of carboxylic acid groups (broad SMARTS) is 1. The summed E-state index contributed by atoms with van der Waals surface area (Å²) in [4.78, 5) is 22.2. The molecule has 5 nitrogen and oxygen atoms in total. The number of nitrogens with zero attached hydrogens (tertiary/aromatic N) is 2. The van der Waals surface area contributed by atoms with Gasteiger partial charge in [0.25, 0.3) is 0 Å². The molecule has 2 aromatic heterocycles. The maximum Gasteiger partial charge on any atom is 0.307 e. The zero-order valence-corrected chi connectivity index (χ0v) is 10.00. The molecule has 0 fully saturated rings. The van der Waals surface area contributed by atoms with Crippen molar-refractivity contribution in [2.45, 2.75) is 6.42 Å². The van der Waals surface area contributed by atoms with Gasteiger partial charge in [0.05, 0.1) is 12.1 Å². The van der Waals surface area contributed by atoms with Gasteiger partial charge in [0, 0.05) is 23.3 Å². The first-order valence-electron chi connectivity index (χ1n) is 5.83. The fourth-order valence-electron chi connectivity index (χ4n) is 1.95. The standard InChI is InChI=1S/C14H11N3O2/c18-13(19)5-9-7-15-14(16-8-9)12-6-10-3-1-2-4-11(10)17-12/h1-4,6-8,17H,5H2,(H,18,19). The third-order valence-corrected chi connectivity index (χ3v) is 2.83. The fourth-order valence-corrected chi connectivity index (χ4v) is 1.95. The predicted octanol–water partition coefficient (Wildman–Crippen LogP) is 2.25. The summed E-state index contributed by atoms with van der Waals surface area (Å²) in [5.74, 6) is -0.327. The van der Waals surface area contributed by atoms with Gasteiger partial charge in [-0.25, -0.2) is 9.97 Å². The largest absolute Gasteiger partial charge is 0.481 e. The zero-order valence-electron chi connectivity index (χ0n) is 10.00. The molecule has 0 aliphatic rings. The first-order chi connectivity index (χ1) is 9.22. The number of carbonyl (C=O) groups is 1. The van der Waals surface area contributed by atoms with Gasteiger partial charge in [0.15, 0.2) is 5.82 Å². The molecule has 0 saturated heterocycles. The highest BCUT2D eigenvalue weighted by Gasteiger charge is 2.07. The Morgan fingerprint density at radius 3 is 2.63 bits per heavy atom. The van der Waals surface area contributed by atoms with E-state index in [2.05, 4.69) is 15.0 Å². The summed E-state index contributed by atoms with van der Waals surface area (Å²) in [5.41, 5.74) is 2.44. The summed E-state index contributed by atoms with van der Waals surface area (Å²) in [7, 11) is 0. The van der Waals surface area contributed by atoms with Gasteiger partial charge in [-0.05, 0) is 17.7 Å². The number of fused-ring (bicyclic) bond motifs is 1. The molecular weight excluding hydrogens is 242 g/mol. The van der Waals surface area contributed by atoms with Crippen molar-refractivity contribution in [2.75, 3.05) is 0 Å². The Hall–Kier alpha value is -2.69. The normalized spacial score (nSPS) is 10.7. The number of hydrogen-bond donors (Lipinski definition) is 2. The molecule has 2 heterocycles. The number of benzene rings is 1. The van der Waals surface area contributed by atoms with Gasteiger partial charge in [0.1, 0.15) is 0 Å². The van der Waals surface area contributed by atoms with E-state index in [1.54, 1.807) is 12.4 Å². The van der Waals surface area contributed by atoms with Crippen molar-refractivity contribution >= 4 is 16.9 Å². The Morgan fingerprint density at radius 1 is 1.21 bits per heavy atom. The number of para-hydroxylation sites is 1. The van der Waals surface area contributed by atoms with Crippen molar-refractivity contribution in [2.24, 2.45) is 0 Å². The molecule has 3 rings (SSSR count). The molecule has 0 atom stereocenters. The van der Waals surface area contributed by atoms with E-state index in [0.717, 1.165) is 16.6 Å². The van der Waals surface area contributed by atoms with Crippen LogP contribution in [0.15, 0.2) is 42.7 Å². The molecule has 1 aromatic carbocycles. The summed E-state index contributed by atoms with van der Waals surface area (Å²) in [6.07, 6.45) is 3.02. The number of hydrogen-bond acceptors (Lipinski definition) is 3. The number of aromatic nitrogens is 3. The number of nitrogens with one attached hydrogen (secondary N) is 1. The van der Waals surface area contributed by atoms with Crippen molar-refractivity contribution < 1.29 is 9.90 Å². The van der Waals surface area contributed by atoms with Crippen molar-refractivity contribution in [1.29, 1.82) is 0 Å². The van der Waals surface area contributed by atoms with Gasteiger partial charge in [-0.15, -0.1) is 0 Å². The van der Waals surface area contributed by atoms with Gasteiger partial charge in [-0.3, -0.25) is 4.79 Å². The molecule has 0 bridgehead atoms. The SMILES string of the molecule is O=C(O)Cc1cnc(-c2cc3ccccc3[nH]2)nc1. The number of carboxylic acids is 1. The predicted molar refractivity (Wildman–Crippen MR) is 70.7 cm³/mol. The topological polar surface area (TPSA) is 78.9 Å². The molecule has 19 heavy (non-hydrogen) atoms. The van der Waals surface area contributed by atoms with Crippen LogP contribution >= 0.6 is 0 Å². The second-order valence-electron chi connectivity index (χ2n) is 4.26. The van der Waals surface area contributed by atoms with Crippen LogP contribution in [-0.2, 0) is 11.2 Å². The quantitative estimate of drug-likeness (QED) is 0.750. The minimum absolute atomic E-state index is 0.0625. The summed E-state index contributed by atoms with van der Waals surface area (Å²) < 4.78 is 0. The van der Waals surface area contributed by atoms with E-state index >= 15 is 0 Å². The third kappa shape index (κ3) is 2.30. The Balaban J connectivity index is 1.95. The van der Waals surface area contributed by atoms with Gasteiger partial charge in [-0.2, -0.15) is 0 Å². The molecule has 0 radical (unpaired) electrons. The molecule has 94 valence electrons. The van der Waals surface area contributed by atoms with Gasteiger partial charge in [0.2, 0.25) is 0 Å². The zero-order chi connectivity index (χ0) is 13.2. The summed E-state index contributed by atoms with van der Waals surface area (Å²) in [5, 5.41) is 9.78. The molecule has 0 aliphatic heterocycles. The Bertz CT molecular complexity index is 699. The average molecular weight is 253 g/mol. The van der Waals surface area contributed by atoms with Crippen molar-refractivity contribution in [1.82, 2.24) is 15.0 Å². The lowest BCUT2D eigenvalue weighted by Gasteiger charge is -1.98. The fraction of sp³-hybridized carbons (Fsp3) is 0.0714. The van der Waals surface area contributed by atoms with Gasteiger partial charge in [-0.1, -0.05) is 18.2 Å². The Morgan fingerprint density at radius 2 is 1.95 bits per heavy atom. The Labute approximate surface area is 109 Å². The number of H-pyrrole nitrogens is 1. The van der Waals surface area contributed by atoms with E-state index in [9.17, 15) is 4.79 Å². The molecule has 2 N–H and O–H groups in total. The maximum atomic E-state index is 10.6. The van der Waals surface area contributed by atoms with Crippen LogP contribution in [0.4, 0.5) is 0 Å². The molecule has 0 saturated carbocycles. The van der Waals surface area contributed by atoms with Crippen LogP contribution in [0, 0.1) is 0 Å². The molecular formula is C14H11N3O2. The van der Waals surface area contributed by atoms with E-state index in [1.165, 1.54) is 0 Å². The minimum Gasteiger partial charge on any atom is -0.481 e. The van der Waals surface area contributed by atoms with Gasteiger partial charge >= 0.3 is 5.97 Å². The summed E-state index contributed by atoms with van der Waals surface area (Å²) in [6, 6.07) is 9.89. The second kappa shape index (κ2) is 4.53. The second-order valence-corrected chi connectivity index (χ2v) is 4.26. The molecule has 0 amide bonds. The van der Waals surface area contributed by atoms with Crippen LogP contribution in [0.25, 0.3) is 22.4 Å². The number of aliphatic carboxylic acids is 1. The van der Waals surface area contributed by atoms with Crippen molar-refractivity contribution in [3.8, 4) is 11.5 Å². The summed E-state index contributed by atoms with van der Waals surface area (Å²) in [6.45, 7) is 0. The molecule has 0 aliphatic carbocycles. The van der Waals surface area contributed by atoms with Crippen LogP contribution in [0.2, 0.25) is 0 Å². The summed E-state index contributed by atoms with van der Waals surface area (Å²) >= 11 is 0. The highest BCUT2D eigenvalue weighted by Crippen LogP contribution is 2.20. The Kier molecular flexibility index (Phi) is 2.72. The van der Waals surface area contributed by atoms with Crippen LogP contribution in [0.1, 0.15) is 5.56 Å². The highest BCUT2D eigenvalue weighted by molar-refractivity contribution is 5.84. The number of aromatic amines is 1. The third-order valence-electron chi connectivity index (χ3n) is 2.83. The molecule has 0 spiro atoms. The monoisotopic (exact) mass is 253 g/mol. The van der Waals surface area contributed by atoms with Gasteiger partial charge < -0.3 is 10.1 Å². The first-order valence-corrected chi connectivity index (χ1v) is 5.83. The lowest BCUT2D eigenvalue weighted by molar-refractivity contribution is -0.136. The van der Waals surface area contributed by atoms with Crippen LogP contribution in [0.3, 0.4) is 0 Å². The van der Waals surface area contributed by atoms with E-state index < -0.39 is 5.97 Å². The van der Waals surface area contributed by atoms with E-state index in [1.807, 2.05) is 30.3 Å². The minimum atomic E-state index is -0.887. The first kappa shape index (κ1) is 11.4. The van der Waals surface area contributed by atoms with E-state index in [4.69, 9.17) is 5.11 Å². The van der Waals surface area contributed by atoms with E-state index in [0.29, 0.717) is 11.4 Å². The lowest BCUT2D eigenvalue weighted by atomic mass is 10.2. The molecule has 5 heteroatoms. The van der Waals surface area contributed by atoms with Crippen LogP contribution in [-0.4, -0.2) is 26.0 Å². The maximum absolute atomic E-state index is 10.6. The average Bonchev–Trinajstić information content (AvgIpc) is 2.82. The lowest BCUT2D eigenvalue weighted by Crippen LogP contribution is -2.01. The smallest absolute Gasteiger partial charge is 0.307 e. The van der Waals surface area contributed by atoms with Crippen LogP contribution in [0.5, 0.6) is 0 Å².